The number of piperidine rings is 1. The predicted octanol–water partition coefficient (Wildman–Crippen LogP) is 2.11. The Bertz CT molecular complexity index is 510. The van der Waals surface area contributed by atoms with Crippen molar-refractivity contribution in [1.29, 1.82) is 0 Å². The molecule has 6 heteroatoms. The number of anilines is 1. The van der Waals surface area contributed by atoms with Gasteiger partial charge in [-0.2, -0.15) is 0 Å². The standard InChI is InChI=1S/C15H23BrN4O/c1-10(17)11-4-6-20(7-5-11)15(21)13-8-12(16)9-18-14(13)19(2)3/h8-11H,4-7,17H2,1-3H3. The van der Waals surface area contributed by atoms with E-state index in [9.17, 15) is 4.79 Å². The molecule has 0 saturated carbocycles. The van der Waals surface area contributed by atoms with Crippen LogP contribution in [-0.4, -0.2) is 49.0 Å². The Hall–Kier alpha value is -1.14. The lowest BCUT2D eigenvalue weighted by Gasteiger charge is -2.34. The van der Waals surface area contributed by atoms with Gasteiger partial charge in [0, 0.05) is 43.9 Å². The molecule has 116 valence electrons. The number of halogens is 1. The van der Waals surface area contributed by atoms with Crippen molar-refractivity contribution in [2.24, 2.45) is 11.7 Å². The summed E-state index contributed by atoms with van der Waals surface area (Å²) in [5.41, 5.74) is 6.60. The van der Waals surface area contributed by atoms with Crippen molar-refractivity contribution in [3.63, 3.8) is 0 Å². The molecule has 2 rings (SSSR count). The van der Waals surface area contributed by atoms with Gasteiger partial charge in [0.2, 0.25) is 0 Å². The van der Waals surface area contributed by atoms with Gasteiger partial charge in [0.1, 0.15) is 5.82 Å². The molecule has 1 aliphatic heterocycles. The van der Waals surface area contributed by atoms with Gasteiger partial charge in [-0.05, 0) is 47.7 Å². The summed E-state index contributed by atoms with van der Waals surface area (Å²) in [7, 11) is 3.80. The molecule has 2 N–H and O–H groups in total. The lowest BCUT2D eigenvalue weighted by atomic mass is 9.90. The Kier molecular flexibility index (Phi) is 5.22. The Morgan fingerprint density at radius 1 is 1.48 bits per heavy atom. The molecule has 2 heterocycles. The second-order valence-corrected chi connectivity index (χ2v) is 6.82. The molecule has 1 aromatic heterocycles. The molecule has 0 bridgehead atoms. The van der Waals surface area contributed by atoms with Crippen LogP contribution in [0.25, 0.3) is 0 Å². The summed E-state index contributed by atoms with van der Waals surface area (Å²) >= 11 is 3.40. The smallest absolute Gasteiger partial charge is 0.257 e. The van der Waals surface area contributed by atoms with Gasteiger partial charge in [-0.1, -0.05) is 0 Å². The Morgan fingerprint density at radius 3 is 2.62 bits per heavy atom. The Labute approximate surface area is 134 Å². The maximum absolute atomic E-state index is 12.8. The highest BCUT2D eigenvalue weighted by molar-refractivity contribution is 9.10. The van der Waals surface area contributed by atoms with E-state index in [-0.39, 0.29) is 11.9 Å². The van der Waals surface area contributed by atoms with Gasteiger partial charge in [-0.25, -0.2) is 4.98 Å². The van der Waals surface area contributed by atoms with E-state index in [4.69, 9.17) is 5.73 Å². The van der Waals surface area contributed by atoms with Crippen molar-refractivity contribution < 1.29 is 4.79 Å². The second kappa shape index (κ2) is 6.75. The van der Waals surface area contributed by atoms with E-state index >= 15 is 0 Å². The largest absolute Gasteiger partial charge is 0.362 e. The van der Waals surface area contributed by atoms with Crippen LogP contribution in [0.5, 0.6) is 0 Å². The molecule has 1 unspecified atom stereocenters. The summed E-state index contributed by atoms with van der Waals surface area (Å²) in [6, 6.07) is 2.05. The van der Waals surface area contributed by atoms with Crippen LogP contribution in [0, 0.1) is 5.92 Å². The minimum Gasteiger partial charge on any atom is -0.362 e. The molecule has 1 atom stereocenters. The highest BCUT2D eigenvalue weighted by atomic mass is 79.9. The number of rotatable bonds is 3. The summed E-state index contributed by atoms with van der Waals surface area (Å²) < 4.78 is 0.821. The second-order valence-electron chi connectivity index (χ2n) is 5.91. The quantitative estimate of drug-likeness (QED) is 0.902. The highest BCUT2D eigenvalue weighted by Crippen LogP contribution is 2.25. The van der Waals surface area contributed by atoms with Crippen molar-refractivity contribution in [3.8, 4) is 0 Å². The third-order valence-corrected chi connectivity index (χ3v) is 4.49. The Morgan fingerprint density at radius 2 is 2.10 bits per heavy atom. The van der Waals surface area contributed by atoms with E-state index in [0.717, 1.165) is 30.4 Å². The van der Waals surface area contributed by atoms with Crippen molar-refractivity contribution >= 4 is 27.7 Å². The molecule has 1 saturated heterocycles. The topological polar surface area (TPSA) is 62.5 Å². The number of likely N-dealkylation sites (tertiary alicyclic amines) is 1. The minimum absolute atomic E-state index is 0.0515. The number of carbonyl (C=O) groups excluding carboxylic acids is 1. The van der Waals surface area contributed by atoms with Crippen LogP contribution in [0.2, 0.25) is 0 Å². The van der Waals surface area contributed by atoms with Gasteiger partial charge >= 0.3 is 0 Å². The molecular weight excluding hydrogens is 332 g/mol. The van der Waals surface area contributed by atoms with Crippen LogP contribution in [0.4, 0.5) is 5.82 Å². The van der Waals surface area contributed by atoms with Crippen LogP contribution in [-0.2, 0) is 0 Å². The highest BCUT2D eigenvalue weighted by Gasteiger charge is 2.27. The third-order valence-electron chi connectivity index (χ3n) is 4.06. The van der Waals surface area contributed by atoms with E-state index < -0.39 is 0 Å². The van der Waals surface area contributed by atoms with Gasteiger partial charge in [-0.15, -0.1) is 0 Å². The van der Waals surface area contributed by atoms with Gasteiger partial charge in [0.25, 0.3) is 5.91 Å². The van der Waals surface area contributed by atoms with Gasteiger partial charge in [0.15, 0.2) is 0 Å². The molecule has 0 aliphatic carbocycles. The number of amides is 1. The summed E-state index contributed by atoms with van der Waals surface area (Å²) in [5, 5.41) is 0. The van der Waals surface area contributed by atoms with E-state index in [1.54, 1.807) is 6.20 Å². The molecule has 0 spiro atoms. The number of hydrogen-bond donors (Lipinski definition) is 1. The summed E-state index contributed by atoms with van der Waals surface area (Å²) in [6.45, 7) is 3.58. The maximum Gasteiger partial charge on any atom is 0.257 e. The third kappa shape index (κ3) is 3.74. The first-order chi connectivity index (χ1) is 9.90. The van der Waals surface area contributed by atoms with E-state index in [2.05, 4.69) is 20.9 Å². The number of pyridine rings is 1. The predicted molar refractivity (Wildman–Crippen MR) is 88.5 cm³/mol. The fourth-order valence-corrected chi connectivity index (χ4v) is 3.08. The van der Waals surface area contributed by atoms with Crippen molar-refractivity contribution in [1.82, 2.24) is 9.88 Å². The fraction of sp³-hybridized carbons (Fsp3) is 0.600. The molecule has 1 amide bonds. The molecule has 0 radical (unpaired) electrons. The van der Waals surface area contributed by atoms with Gasteiger partial charge in [-0.3, -0.25) is 4.79 Å². The first kappa shape index (κ1) is 16.2. The molecule has 5 nitrogen and oxygen atoms in total. The summed E-state index contributed by atoms with van der Waals surface area (Å²) in [5.74, 6) is 1.27. The minimum atomic E-state index is 0.0515. The van der Waals surface area contributed by atoms with Crippen molar-refractivity contribution in [3.05, 3.63) is 22.3 Å². The summed E-state index contributed by atoms with van der Waals surface area (Å²) in [4.78, 5) is 20.9. The first-order valence-electron chi connectivity index (χ1n) is 7.28. The number of nitrogens with two attached hydrogens (primary N) is 1. The van der Waals surface area contributed by atoms with Crippen molar-refractivity contribution in [2.75, 3.05) is 32.1 Å². The number of hydrogen-bond acceptors (Lipinski definition) is 4. The lowest BCUT2D eigenvalue weighted by molar-refractivity contribution is 0.0681. The number of aromatic nitrogens is 1. The van der Waals surface area contributed by atoms with Crippen LogP contribution in [0.1, 0.15) is 30.1 Å². The van der Waals surface area contributed by atoms with Gasteiger partial charge in [0.05, 0.1) is 5.56 Å². The molecule has 0 aromatic carbocycles. The molecule has 1 aromatic rings. The number of carbonyl (C=O) groups is 1. The molecular formula is C15H23BrN4O. The van der Waals surface area contributed by atoms with Crippen molar-refractivity contribution in [2.45, 2.75) is 25.8 Å². The molecule has 1 fully saturated rings. The SMILES string of the molecule is CC(N)C1CCN(C(=O)c2cc(Br)cnc2N(C)C)CC1. The zero-order chi connectivity index (χ0) is 15.6. The average molecular weight is 355 g/mol. The zero-order valence-corrected chi connectivity index (χ0v) is 14.4. The fourth-order valence-electron chi connectivity index (χ4n) is 2.74. The number of nitrogens with zero attached hydrogens (tertiary/aromatic N) is 3. The molecule has 21 heavy (non-hydrogen) atoms. The Balaban J connectivity index is 2.16. The van der Waals surface area contributed by atoms with Crippen LogP contribution < -0.4 is 10.6 Å². The van der Waals surface area contributed by atoms with Crippen LogP contribution in [0.3, 0.4) is 0 Å². The maximum atomic E-state index is 12.8. The normalized spacial score (nSPS) is 17.7. The zero-order valence-electron chi connectivity index (χ0n) is 12.8. The van der Waals surface area contributed by atoms with Crippen LogP contribution >= 0.6 is 15.9 Å². The average Bonchev–Trinajstić information content (AvgIpc) is 2.46. The lowest BCUT2D eigenvalue weighted by Crippen LogP contribution is -2.42. The summed E-state index contributed by atoms with van der Waals surface area (Å²) in [6.07, 6.45) is 3.67. The van der Waals surface area contributed by atoms with E-state index in [0.29, 0.717) is 17.3 Å². The van der Waals surface area contributed by atoms with Gasteiger partial charge < -0.3 is 15.5 Å². The van der Waals surface area contributed by atoms with Crippen LogP contribution in [0.15, 0.2) is 16.7 Å². The first-order valence-corrected chi connectivity index (χ1v) is 8.07. The monoisotopic (exact) mass is 354 g/mol. The molecule has 1 aliphatic rings. The van der Waals surface area contributed by atoms with E-state index in [1.165, 1.54) is 0 Å². The van der Waals surface area contributed by atoms with E-state index in [1.807, 2.05) is 36.9 Å².